The fraction of sp³-hybridized carbons (Fsp3) is 0.344. The van der Waals surface area contributed by atoms with Crippen molar-refractivity contribution in [3.05, 3.63) is 100.0 Å². The summed E-state index contributed by atoms with van der Waals surface area (Å²) in [6.45, 7) is 4.40. The Balaban J connectivity index is 0.927. The first-order valence-electron chi connectivity index (χ1n) is 14.9. The number of hydrogen-bond acceptors (Lipinski definition) is 9. The molecule has 1 aromatic heterocycles. The van der Waals surface area contributed by atoms with Crippen LogP contribution in [0, 0.1) is 15.9 Å². The minimum Gasteiger partial charge on any atom is -0.490 e. The van der Waals surface area contributed by atoms with Crippen molar-refractivity contribution in [1.82, 2.24) is 14.5 Å². The second kappa shape index (κ2) is 13.7. The van der Waals surface area contributed by atoms with Crippen LogP contribution in [-0.2, 0) is 19.7 Å². The number of alkyl halides is 3. The number of aromatic nitrogens is 2. The summed E-state index contributed by atoms with van der Waals surface area (Å²) >= 11 is 0. The molecule has 3 heterocycles. The summed E-state index contributed by atoms with van der Waals surface area (Å²) < 4.78 is 74.7. The van der Waals surface area contributed by atoms with Crippen LogP contribution in [0.2, 0.25) is 0 Å². The molecule has 4 aromatic rings. The van der Waals surface area contributed by atoms with Gasteiger partial charge in [-0.3, -0.25) is 9.47 Å². The lowest BCUT2D eigenvalue weighted by molar-refractivity contribution is -0.389. The van der Waals surface area contributed by atoms with E-state index >= 15 is 0 Å². The first-order chi connectivity index (χ1) is 22.6. The fourth-order valence-electron chi connectivity index (χ4n) is 5.38. The molecule has 248 valence electrons. The number of aryl methyl sites for hydroxylation is 1. The molecule has 6 rings (SSSR count). The zero-order valence-corrected chi connectivity index (χ0v) is 25.1. The Morgan fingerprint density at radius 2 is 1.62 bits per heavy atom. The number of hydrogen-bond donors (Lipinski definition) is 0. The Hall–Kier alpha value is -5.05. The lowest BCUT2D eigenvalue weighted by Crippen LogP contribution is -2.46. The molecular formula is C32H31F4N5O6. The average Bonchev–Trinajstić information content (AvgIpc) is 3.49. The Bertz CT molecular complexity index is 1670. The van der Waals surface area contributed by atoms with Crippen molar-refractivity contribution in [3.8, 4) is 23.3 Å². The number of anilines is 1. The zero-order valence-electron chi connectivity index (χ0n) is 25.1. The third-order valence-electron chi connectivity index (χ3n) is 7.87. The average molecular weight is 658 g/mol. The van der Waals surface area contributed by atoms with Gasteiger partial charge in [0.1, 0.15) is 48.6 Å². The molecule has 47 heavy (non-hydrogen) atoms. The highest BCUT2D eigenvalue weighted by Gasteiger charge is 2.31. The summed E-state index contributed by atoms with van der Waals surface area (Å²) in [5.41, 5.74) is 2.21. The molecule has 3 aromatic carbocycles. The third-order valence-corrected chi connectivity index (χ3v) is 7.87. The molecule has 0 N–H and O–H groups in total. The number of halogens is 4. The number of piperazine rings is 1. The van der Waals surface area contributed by atoms with Gasteiger partial charge in [0, 0.05) is 68.0 Å². The number of nitro groups is 1. The van der Waals surface area contributed by atoms with Gasteiger partial charge in [-0.1, -0.05) is 18.2 Å². The monoisotopic (exact) mass is 657 g/mol. The third kappa shape index (κ3) is 8.41. The Labute approximate surface area is 267 Å². The maximum Gasteiger partial charge on any atom is 0.573 e. The van der Waals surface area contributed by atoms with E-state index in [9.17, 15) is 27.7 Å². The number of ether oxygens (including phenoxy) is 4. The van der Waals surface area contributed by atoms with Gasteiger partial charge in [0.15, 0.2) is 0 Å². The molecule has 11 nitrogen and oxygen atoms in total. The van der Waals surface area contributed by atoms with Crippen LogP contribution >= 0.6 is 0 Å². The summed E-state index contributed by atoms with van der Waals surface area (Å²) in [5, 5.41) is 11.0. The van der Waals surface area contributed by atoms with E-state index in [2.05, 4.69) is 19.5 Å². The molecule has 2 aliphatic heterocycles. The first kappa shape index (κ1) is 31.9. The van der Waals surface area contributed by atoms with E-state index in [1.165, 1.54) is 36.5 Å². The lowest BCUT2D eigenvalue weighted by atomic mass is 10.1. The van der Waals surface area contributed by atoms with Gasteiger partial charge < -0.3 is 34.0 Å². The summed E-state index contributed by atoms with van der Waals surface area (Å²) in [6.07, 6.45) is -3.00. The van der Waals surface area contributed by atoms with Gasteiger partial charge in [0.2, 0.25) is 0 Å². The van der Waals surface area contributed by atoms with E-state index in [0.29, 0.717) is 48.7 Å². The molecule has 0 radical (unpaired) electrons. The van der Waals surface area contributed by atoms with Gasteiger partial charge in [-0.2, -0.15) is 0 Å². The van der Waals surface area contributed by atoms with Crippen LogP contribution in [0.1, 0.15) is 17.5 Å². The smallest absolute Gasteiger partial charge is 0.490 e. The predicted octanol–water partition coefficient (Wildman–Crippen LogP) is 5.96. The van der Waals surface area contributed by atoms with Crippen LogP contribution < -0.4 is 23.8 Å². The highest BCUT2D eigenvalue weighted by atomic mass is 19.4. The summed E-state index contributed by atoms with van der Waals surface area (Å²) in [6, 6.07) is 18.0. The zero-order chi connectivity index (χ0) is 33.0. The lowest BCUT2D eigenvalue weighted by Gasteiger charge is -2.36. The van der Waals surface area contributed by atoms with Crippen LogP contribution in [-0.4, -0.2) is 64.6 Å². The maximum atomic E-state index is 14.9. The van der Waals surface area contributed by atoms with Crippen molar-refractivity contribution in [2.75, 3.05) is 37.7 Å². The molecule has 2 aliphatic rings. The molecule has 1 fully saturated rings. The van der Waals surface area contributed by atoms with Crippen LogP contribution in [0.5, 0.6) is 23.3 Å². The van der Waals surface area contributed by atoms with Crippen molar-refractivity contribution in [2.45, 2.75) is 38.6 Å². The predicted molar refractivity (Wildman–Crippen MR) is 161 cm³/mol. The Kier molecular flexibility index (Phi) is 9.33. The summed E-state index contributed by atoms with van der Waals surface area (Å²) in [4.78, 5) is 18.8. The molecule has 0 spiro atoms. The number of fused-ring (bicyclic) bond motifs is 1. The van der Waals surface area contributed by atoms with E-state index < -0.39 is 11.3 Å². The highest BCUT2D eigenvalue weighted by Crippen LogP contribution is 2.27. The van der Waals surface area contributed by atoms with Gasteiger partial charge in [-0.15, -0.1) is 13.2 Å². The van der Waals surface area contributed by atoms with Gasteiger partial charge in [-0.25, -0.2) is 4.39 Å². The summed E-state index contributed by atoms with van der Waals surface area (Å²) in [5.74, 6) is 0.0606. The van der Waals surface area contributed by atoms with E-state index in [1.54, 1.807) is 16.7 Å². The molecule has 1 atom stereocenters. The second-order valence-corrected chi connectivity index (χ2v) is 11.2. The van der Waals surface area contributed by atoms with E-state index in [-0.39, 0.29) is 36.1 Å². The minimum atomic E-state index is -4.76. The Morgan fingerprint density at radius 3 is 2.30 bits per heavy atom. The number of benzene rings is 3. The maximum absolute atomic E-state index is 14.9. The minimum absolute atomic E-state index is 0.0660. The number of imidazole rings is 1. The van der Waals surface area contributed by atoms with Crippen molar-refractivity contribution >= 4 is 11.5 Å². The molecule has 0 saturated carbocycles. The molecular weight excluding hydrogens is 626 g/mol. The summed E-state index contributed by atoms with van der Waals surface area (Å²) in [7, 11) is 0. The van der Waals surface area contributed by atoms with Gasteiger partial charge in [0.25, 0.3) is 0 Å². The van der Waals surface area contributed by atoms with Crippen LogP contribution in [0.15, 0.2) is 72.9 Å². The van der Waals surface area contributed by atoms with Gasteiger partial charge >= 0.3 is 18.2 Å². The molecule has 0 aliphatic carbocycles. The van der Waals surface area contributed by atoms with Crippen LogP contribution in [0.3, 0.4) is 0 Å². The standard InChI is InChI=1S/C32H31F4N5O6/c33-29-17-27(44-20-22-1-6-26(7-2-22)47-32(34,35)36)8-3-23(29)18-38-13-15-39(16-14-38)24-4-9-25(10-5-24)45-21-28-11-12-40-19-30(41(42)43)37-31(40)46-28/h1-10,17,19,28H,11-16,18,20-21H2/t28-/m1/s1. The van der Waals surface area contributed by atoms with Crippen molar-refractivity contribution < 1.29 is 41.4 Å². The van der Waals surface area contributed by atoms with Crippen molar-refractivity contribution in [3.63, 3.8) is 0 Å². The molecule has 0 unspecified atom stereocenters. The molecule has 1 saturated heterocycles. The topological polar surface area (TPSA) is 104 Å². The number of rotatable bonds is 11. The molecule has 0 amide bonds. The van der Waals surface area contributed by atoms with Crippen molar-refractivity contribution in [1.29, 1.82) is 0 Å². The molecule has 15 heteroatoms. The van der Waals surface area contributed by atoms with Gasteiger partial charge in [0.05, 0.1) is 0 Å². The van der Waals surface area contributed by atoms with Gasteiger partial charge in [-0.05, 0) is 53.0 Å². The number of nitrogens with zero attached hydrogens (tertiary/aromatic N) is 5. The SMILES string of the molecule is O=[N+]([O-])c1cn2c(n1)O[C@@H](COc1ccc(N3CCN(Cc4ccc(OCc5ccc(OC(F)(F)F)cc5)cc4F)CC3)cc1)CC2. The van der Waals surface area contributed by atoms with Crippen molar-refractivity contribution in [2.24, 2.45) is 0 Å². The van der Waals surface area contributed by atoms with Crippen LogP contribution in [0.25, 0.3) is 0 Å². The highest BCUT2D eigenvalue weighted by molar-refractivity contribution is 5.49. The normalized spacial score (nSPS) is 16.7. The largest absolute Gasteiger partial charge is 0.573 e. The Morgan fingerprint density at radius 1 is 0.915 bits per heavy atom. The van der Waals surface area contributed by atoms with E-state index in [4.69, 9.17) is 14.2 Å². The van der Waals surface area contributed by atoms with Crippen LogP contribution in [0.4, 0.5) is 29.1 Å². The first-order valence-corrected chi connectivity index (χ1v) is 14.9. The van der Waals surface area contributed by atoms with E-state index in [0.717, 1.165) is 31.9 Å². The molecule has 0 bridgehead atoms. The quantitative estimate of drug-likeness (QED) is 0.110. The fourth-order valence-corrected chi connectivity index (χ4v) is 5.38. The second-order valence-electron chi connectivity index (χ2n) is 11.2. The van der Waals surface area contributed by atoms with E-state index in [1.807, 2.05) is 24.3 Å².